The molecular weight excluding hydrogens is 196 g/mol. The molecule has 0 atom stereocenters. The van der Waals surface area contributed by atoms with Crippen LogP contribution >= 0.6 is 0 Å². The molecule has 0 aromatic carbocycles. The van der Waals surface area contributed by atoms with Crippen LogP contribution in [0.3, 0.4) is 0 Å². The van der Waals surface area contributed by atoms with Gasteiger partial charge in [0.25, 0.3) is 0 Å². The maximum atomic E-state index is 10.7. The van der Waals surface area contributed by atoms with Crippen molar-refractivity contribution in [3.8, 4) is 5.69 Å². The third kappa shape index (κ3) is 1.69. The highest BCUT2D eigenvalue weighted by Gasteiger charge is 2.15. The molecule has 0 radical (unpaired) electrons. The van der Waals surface area contributed by atoms with Gasteiger partial charge in [-0.15, -0.1) is 0 Å². The van der Waals surface area contributed by atoms with Crippen LogP contribution in [0.15, 0.2) is 30.6 Å². The summed E-state index contributed by atoms with van der Waals surface area (Å²) in [4.78, 5) is 13.9. The van der Waals surface area contributed by atoms with E-state index in [0.29, 0.717) is 5.69 Å². The number of aromatic nitrogens is 3. The predicted molar refractivity (Wildman–Crippen MR) is 52.8 cm³/mol. The lowest BCUT2D eigenvalue weighted by Crippen LogP contribution is -2.02. The highest BCUT2D eigenvalue weighted by Crippen LogP contribution is 2.18. The van der Waals surface area contributed by atoms with E-state index in [1.54, 1.807) is 24.4 Å². The van der Waals surface area contributed by atoms with Crippen molar-refractivity contribution in [2.45, 2.75) is 6.92 Å². The standard InChI is InChI=1S/C9H8N4O2/c1-7-4-6-12(11-7)8-3-2-5-10-9(8)13(14)15/h2-6H,1H3. The SMILES string of the molecule is Cc1ccn(-c2cccnc2[N+](=O)[O-])n1. The van der Waals surface area contributed by atoms with E-state index < -0.39 is 4.92 Å². The second-order valence-electron chi connectivity index (χ2n) is 3.00. The third-order valence-electron chi connectivity index (χ3n) is 1.91. The number of nitro groups is 1. The lowest BCUT2D eigenvalue weighted by Gasteiger charge is -2.00. The molecule has 6 nitrogen and oxygen atoms in total. The lowest BCUT2D eigenvalue weighted by atomic mass is 10.4. The van der Waals surface area contributed by atoms with Gasteiger partial charge in [-0.1, -0.05) is 0 Å². The summed E-state index contributed by atoms with van der Waals surface area (Å²) in [7, 11) is 0. The van der Waals surface area contributed by atoms with Gasteiger partial charge in [0, 0.05) is 6.20 Å². The molecule has 0 saturated carbocycles. The Labute approximate surface area is 85.3 Å². The predicted octanol–water partition coefficient (Wildman–Crippen LogP) is 1.48. The molecule has 0 aliphatic heterocycles. The Bertz CT molecular complexity index is 506. The number of nitrogens with zero attached hydrogens (tertiary/aromatic N) is 4. The minimum atomic E-state index is -0.521. The molecule has 0 unspecified atom stereocenters. The van der Waals surface area contributed by atoms with Crippen molar-refractivity contribution in [1.29, 1.82) is 0 Å². The fourth-order valence-electron chi connectivity index (χ4n) is 1.26. The van der Waals surface area contributed by atoms with Gasteiger partial charge in [0.05, 0.1) is 5.69 Å². The zero-order chi connectivity index (χ0) is 10.8. The van der Waals surface area contributed by atoms with E-state index in [1.807, 2.05) is 6.92 Å². The van der Waals surface area contributed by atoms with Gasteiger partial charge in [0.2, 0.25) is 0 Å². The van der Waals surface area contributed by atoms with E-state index >= 15 is 0 Å². The molecule has 0 spiro atoms. The molecule has 0 bridgehead atoms. The summed E-state index contributed by atoms with van der Waals surface area (Å²) >= 11 is 0. The molecule has 15 heavy (non-hydrogen) atoms. The molecule has 0 fully saturated rings. The highest BCUT2D eigenvalue weighted by atomic mass is 16.6. The van der Waals surface area contributed by atoms with Crippen LogP contribution in [-0.2, 0) is 0 Å². The summed E-state index contributed by atoms with van der Waals surface area (Å²) in [6.07, 6.45) is 3.05. The first-order valence-corrected chi connectivity index (χ1v) is 4.30. The monoisotopic (exact) mass is 204 g/mol. The molecule has 0 amide bonds. The first-order chi connectivity index (χ1) is 7.18. The molecule has 2 heterocycles. The molecule has 6 heteroatoms. The third-order valence-corrected chi connectivity index (χ3v) is 1.91. The van der Waals surface area contributed by atoms with E-state index in [2.05, 4.69) is 10.1 Å². The Hall–Kier alpha value is -2.24. The summed E-state index contributed by atoms with van der Waals surface area (Å²) in [5.74, 6) is -0.194. The van der Waals surface area contributed by atoms with Crippen LogP contribution in [0, 0.1) is 17.0 Å². The Morgan fingerprint density at radius 2 is 2.27 bits per heavy atom. The highest BCUT2D eigenvalue weighted by molar-refractivity contribution is 5.45. The summed E-state index contributed by atoms with van der Waals surface area (Å²) in [6, 6.07) is 5.02. The first-order valence-electron chi connectivity index (χ1n) is 4.30. The molecule has 0 saturated heterocycles. The van der Waals surface area contributed by atoms with Gasteiger partial charge in [0.1, 0.15) is 6.20 Å². The molecule has 0 aliphatic rings. The molecule has 2 rings (SSSR count). The van der Waals surface area contributed by atoms with Crippen molar-refractivity contribution in [1.82, 2.24) is 14.8 Å². The van der Waals surface area contributed by atoms with Crippen molar-refractivity contribution < 1.29 is 4.92 Å². The average molecular weight is 204 g/mol. The number of rotatable bonds is 2. The molecule has 76 valence electrons. The van der Waals surface area contributed by atoms with Gasteiger partial charge in [-0.2, -0.15) is 5.10 Å². The van der Waals surface area contributed by atoms with Crippen molar-refractivity contribution in [3.05, 3.63) is 46.4 Å². The van der Waals surface area contributed by atoms with Crippen LogP contribution in [0.2, 0.25) is 0 Å². The molecular formula is C9H8N4O2. The lowest BCUT2D eigenvalue weighted by molar-refractivity contribution is -0.389. The maximum Gasteiger partial charge on any atom is 0.389 e. The van der Waals surface area contributed by atoms with Crippen molar-refractivity contribution in [2.24, 2.45) is 0 Å². The topological polar surface area (TPSA) is 73.8 Å². The molecule has 2 aromatic heterocycles. The van der Waals surface area contributed by atoms with Crippen LogP contribution in [0.4, 0.5) is 5.82 Å². The number of hydrogen-bond donors (Lipinski definition) is 0. The second-order valence-corrected chi connectivity index (χ2v) is 3.00. The van der Waals surface area contributed by atoms with Gasteiger partial charge >= 0.3 is 5.82 Å². The normalized spacial score (nSPS) is 10.2. The van der Waals surface area contributed by atoms with Gasteiger partial charge in [-0.05, 0) is 35.0 Å². The zero-order valence-corrected chi connectivity index (χ0v) is 7.99. The second kappa shape index (κ2) is 3.49. The Morgan fingerprint density at radius 1 is 1.47 bits per heavy atom. The minimum Gasteiger partial charge on any atom is -0.358 e. The van der Waals surface area contributed by atoms with Crippen LogP contribution in [0.1, 0.15) is 5.69 Å². The zero-order valence-electron chi connectivity index (χ0n) is 7.99. The van der Waals surface area contributed by atoms with Crippen LogP contribution in [0.5, 0.6) is 0 Å². The van der Waals surface area contributed by atoms with Crippen molar-refractivity contribution in [3.63, 3.8) is 0 Å². The number of hydrogen-bond acceptors (Lipinski definition) is 4. The van der Waals surface area contributed by atoms with Gasteiger partial charge < -0.3 is 10.1 Å². The van der Waals surface area contributed by atoms with Crippen LogP contribution < -0.4 is 0 Å². The maximum absolute atomic E-state index is 10.7. The van der Waals surface area contributed by atoms with Gasteiger partial charge in [0.15, 0.2) is 5.69 Å². The van der Waals surface area contributed by atoms with E-state index in [9.17, 15) is 10.1 Å². The van der Waals surface area contributed by atoms with Crippen LogP contribution in [0.25, 0.3) is 5.69 Å². The summed E-state index contributed by atoms with van der Waals surface area (Å²) in [6.45, 7) is 1.82. The average Bonchev–Trinajstić information content (AvgIpc) is 2.65. The minimum absolute atomic E-state index is 0.194. The van der Waals surface area contributed by atoms with Gasteiger partial charge in [-0.25, -0.2) is 4.68 Å². The van der Waals surface area contributed by atoms with Gasteiger partial charge in [-0.3, -0.25) is 0 Å². The Balaban J connectivity index is 2.57. The van der Waals surface area contributed by atoms with Crippen LogP contribution in [-0.4, -0.2) is 19.7 Å². The van der Waals surface area contributed by atoms with E-state index in [0.717, 1.165) is 5.69 Å². The van der Waals surface area contributed by atoms with Crippen molar-refractivity contribution in [2.75, 3.05) is 0 Å². The fraction of sp³-hybridized carbons (Fsp3) is 0.111. The van der Waals surface area contributed by atoms with Crippen molar-refractivity contribution >= 4 is 5.82 Å². The van der Waals surface area contributed by atoms with E-state index in [-0.39, 0.29) is 5.82 Å². The quantitative estimate of drug-likeness (QED) is 0.548. The van der Waals surface area contributed by atoms with E-state index in [1.165, 1.54) is 10.9 Å². The molecule has 2 aromatic rings. The largest absolute Gasteiger partial charge is 0.389 e. The summed E-state index contributed by atoms with van der Waals surface area (Å²) in [5, 5.41) is 14.8. The fourth-order valence-corrected chi connectivity index (χ4v) is 1.26. The first kappa shape index (κ1) is 9.32. The smallest absolute Gasteiger partial charge is 0.358 e. The summed E-state index contributed by atoms with van der Waals surface area (Å²) in [5.41, 5.74) is 1.17. The molecule has 0 N–H and O–H groups in total. The Kier molecular flexibility index (Phi) is 2.17. The van der Waals surface area contributed by atoms with E-state index in [4.69, 9.17) is 0 Å². The number of pyridine rings is 1. The molecule has 0 aliphatic carbocycles. The Morgan fingerprint density at radius 3 is 2.87 bits per heavy atom. The number of aryl methyl sites for hydroxylation is 1. The summed E-state index contributed by atoms with van der Waals surface area (Å²) < 4.78 is 1.44.